The van der Waals surface area contributed by atoms with Gasteiger partial charge in [0.1, 0.15) is 0 Å². The number of nitrogens with zero attached hydrogens (tertiary/aromatic N) is 3. The van der Waals surface area contributed by atoms with E-state index in [1.165, 1.54) is 0 Å². The Hall–Kier alpha value is -1.30. The minimum absolute atomic E-state index is 0.0171. The fourth-order valence-corrected chi connectivity index (χ4v) is 3.23. The van der Waals surface area contributed by atoms with Gasteiger partial charge in [0.15, 0.2) is 0 Å². The molecule has 2 heterocycles. The molecule has 0 saturated carbocycles. The smallest absolute Gasteiger partial charge is 0.317 e. The van der Waals surface area contributed by atoms with E-state index in [-0.39, 0.29) is 23.4 Å². The molecule has 0 bridgehead atoms. The predicted molar refractivity (Wildman–Crippen MR) is 91.3 cm³/mol. The Labute approximate surface area is 140 Å². The number of hydrogen-bond donors (Lipinski definition) is 1. The van der Waals surface area contributed by atoms with Crippen molar-refractivity contribution in [2.24, 2.45) is 5.41 Å². The zero-order valence-corrected chi connectivity index (χ0v) is 15.3. The highest BCUT2D eigenvalue weighted by atomic mass is 16.2. The summed E-state index contributed by atoms with van der Waals surface area (Å²) in [6.45, 7) is 14.7. The van der Waals surface area contributed by atoms with Crippen LogP contribution >= 0.6 is 0 Å². The first-order valence-corrected chi connectivity index (χ1v) is 8.77. The van der Waals surface area contributed by atoms with Crippen LogP contribution in [0.4, 0.5) is 4.79 Å². The first-order chi connectivity index (χ1) is 10.7. The van der Waals surface area contributed by atoms with Gasteiger partial charge in [0.25, 0.3) is 0 Å². The van der Waals surface area contributed by atoms with Crippen LogP contribution in [0.2, 0.25) is 0 Å². The van der Waals surface area contributed by atoms with Crippen LogP contribution in [-0.2, 0) is 4.79 Å². The fourth-order valence-electron chi connectivity index (χ4n) is 3.23. The van der Waals surface area contributed by atoms with Crippen molar-refractivity contribution in [2.75, 3.05) is 39.3 Å². The molecule has 2 aliphatic rings. The highest BCUT2D eigenvalue weighted by Crippen LogP contribution is 2.19. The molecule has 0 aromatic carbocycles. The van der Waals surface area contributed by atoms with Crippen molar-refractivity contribution in [3.63, 3.8) is 0 Å². The van der Waals surface area contributed by atoms with Crippen molar-refractivity contribution >= 4 is 11.9 Å². The lowest BCUT2D eigenvalue weighted by molar-refractivity contribution is -0.140. The van der Waals surface area contributed by atoms with E-state index >= 15 is 0 Å². The Kier molecular flexibility index (Phi) is 5.55. The van der Waals surface area contributed by atoms with Crippen molar-refractivity contribution in [3.8, 4) is 0 Å². The number of urea groups is 1. The average molecular weight is 324 g/mol. The molecule has 132 valence electrons. The number of amides is 3. The van der Waals surface area contributed by atoms with Crippen molar-refractivity contribution < 1.29 is 9.59 Å². The summed E-state index contributed by atoms with van der Waals surface area (Å²) in [5.41, 5.74) is -0.353. The lowest BCUT2D eigenvalue weighted by Gasteiger charge is -2.38. The minimum atomic E-state index is -0.353. The van der Waals surface area contributed by atoms with Crippen molar-refractivity contribution in [1.29, 1.82) is 0 Å². The van der Waals surface area contributed by atoms with Crippen LogP contribution in [0, 0.1) is 5.41 Å². The molecule has 0 spiro atoms. The molecule has 2 rings (SSSR count). The summed E-state index contributed by atoms with van der Waals surface area (Å²) in [6.07, 6.45) is 1.02. The van der Waals surface area contributed by atoms with Gasteiger partial charge < -0.3 is 15.1 Å². The molecular formula is C17H32N4O2. The number of likely N-dealkylation sites (tertiary alicyclic amines) is 1. The van der Waals surface area contributed by atoms with Crippen LogP contribution in [0.1, 0.15) is 41.0 Å². The molecule has 6 nitrogen and oxygen atoms in total. The minimum Gasteiger partial charge on any atom is -0.339 e. The molecule has 6 heteroatoms. The summed E-state index contributed by atoms with van der Waals surface area (Å²) < 4.78 is 0. The molecule has 2 saturated heterocycles. The second kappa shape index (κ2) is 7.07. The maximum Gasteiger partial charge on any atom is 0.317 e. The number of nitrogens with one attached hydrogen (secondary N) is 1. The number of piperazine rings is 1. The van der Waals surface area contributed by atoms with Crippen LogP contribution in [0.15, 0.2) is 0 Å². The van der Waals surface area contributed by atoms with Crippen LogP contribution in [0.5, 0.6) is 0 Å². The molecule has 23 heavy (non-hydrogen) atoms. The van der Waals surface area contributed by atoms with Crippen LogP contribution in [0.3, 0.4) is 0 Å². The van der Waals surface area contributed by atoms with Gasteiger partial charge >= 0.3 is 6.03 Å². The number of carbonyl (C=O) groups is 2. The Morgan fingerprint density at radius 2 is 1.57 bits per heavy atom. The van der Waals surface area contributed by atoms with Gasteiger partial charge in [0.05, 0.1) is 0 Å². The third-order valence-electron chi connectivity index (χ3n) is 4.77. The molecule has 0 aromatic heterocycles. The monoisotopic (exact) mass is 324 g/mol. The van der Waals surface area contributed by atoms with E-state index in [0.717, 1.165) is 19.5 Å². The number of hydrogen-bond acceptors (Lipinski definition) is 3. The lowest BCUT2D eigenvalue weighted by Crippen LogP contribution is -2.56. The van der Waals surface area contributed by atoms with E-state index in [1.807, 2.05) is 30.6 Å². The Morgan fingerprint density at radius 1 is 1.00 bits per heavy atom. The summed E-state index contributed by atoms with van der Waals surface area (Å²) in [6, 6.07) is 0.798. The highest BCUT2D eigenvalue weighted by Gasteiger charge is 2.32. The summed E-state index contributed by atoms with van der Waals surface area (Å²) in [4.78, 5) is 30.8. The van der Waals surface area contributed by atoms with Crippen LogP contribution in [0.25, 0.3) is 0 Å². The molecule has 1 N–H and O–H groups in total. The van der Waals surface area contributed by atoms with E-state index < -0.39 is 0 Å². The Bertz CT molecular complexity index is 436. The molecule has 1 atom stereocenters. The van der Waals surface area contributed by atoms with E-state index in [2.05, 4.69) is 24.1 Å². The lowest BCUT2D eigenvalue weighted by atomic mass is 9.94. The quantitative estimate of drug-likeness (QED) is 0.835. The molecular weight excluding hydrogens is 292 g/mol. The largest absolute Gasteiger partial charge is 0.339 e. The zero-order chi connectivity index (χ0) is 17.2. The highest BCUT2D eigenvalue weighted by molar-refractivity contribution is 5.82. The molecule has 0 aliphatic carbocycles. The summed E-state index contributed by atoms with van der Waals surface area (Å²) >= 11 is 0. The van der Waals surface area contributed by atoms with Crippen molar-refractivity contribution in [2.45, 2.75) is 53.1 Å². The van der Waals surface area contributed by atoms with Crippen LogP contribution < -0.4 is 5.32 Å². The molecule has 1 unspecified atom stereocenters. The number of carbonyl (C=O) groups excluding carboxylic acids is 2. The normalized spacial score (nSPS) is 23.5. The average Bonchev–Trinajstić information content (AvgIpc) is 2.94. The van der Waals surface area contributed by atoms with E-state index in [0.29, 0.717) is 32.2 Å². The van der Waals surface area contributed by atoms with Crippen molar-refractivity contribution in [3.05, 3.63) is 0 Å². The fraction of sp³-hybridized carbons (Fsp3) is 0.882. The number of rotatable bonds is 2. The molecule has 2 fully saturated rings. The van der Waals surface area contributed by atoms with Gasteiger partial charge in [-0.2, -0.15) is 0 Å². The van der Waals surface area contributed by atoms with E-state index in [9.17, 15) is 9.59 Å². The summed E-state index contributed by atoms with van der Waals surface area (Å²) in [5, 5.41) is 3.15. The third-order valence-corrected chi connectivity index (χ3v) is 4.77. The Morgan fingerprint density at radius 3 is 2.04 bits per heavy atom. The van der Waals surface area contributed by atoms with Gasteiger partial charge in [-0.05, 0) is 20.3 Å². The SMILES string of the molecule is CC(C)N1CCC(NC(=O)N2CCN(C(=O)C(C)(C)C)CC2)C1. The van der Waals surface area contributed by atoms with Crippen molar-refractivity contribution in [1.82, 2.24) is 20.0 Å². The van der Waals surface area contributed by atoms with E-state index in [4.69, 9.17) is 0 Å². The third kappa shape index (κ3) is 4.59. The van der Waals surface area contributed by atoms with Gasteiger partial charge in [-0.25, -0.2) is 4.79 Å². The van der Waals surface area contributed by atoms with Gasteiger partial charge in [0.2, 0.25) is 5.91 Å². The van der Waals surface area contributed by atoms with Gasteiger partial charge in [-0.3, -0.25) is 9.69 Å². The maximum atomic E-state index is 12.4. The second-order valence-corrected chi connectivity index (χ2v) is 8.05. The Balaban J connectivity index is 1.77. The molecule has 0 aromatic rings. The topological polar surface area (TPSA) is 55.9 Å². The zero-order valence-electron chi connectivity index (χ0n) is 15.3. The summed E-state index contributed by atoms with van der Waals surface area (Å²) in [7, 11) is 0. The standard InChI is InChI=1S/C17H32N4O2/c1-13(2)21-7-6-14(12-21)18-16(23)20-10-8-19(9-11-20)15(22)17(3,4)5/h13-14H,6-12H2,1-5H3,(H,18,23). The van der Waals surface area contributed by atoms with Gasteiger partial charge in [0, 0.05) is 56.8 Å². The second-order valence-electron chi connectivity index (χ2n) is 8.05. The first-order valence-electron chi connectivity index (χ1n) is 8.77. The molecule has 3 amide bonds. The first kappa shape index (κ1) is 18.0. The maximum absolute atomic E-state index is 12.4. The molecule has 0 radical (unpaired) electrons. The summed E-state index contributed by atoms with van der Waals surface area (Å²) in [5.74, 6) is 0.168. The van der Waals surface area contributed by atoms with Crippen LogP contribution in [-0.4, -0.2) is 78.0 Å². The van der Waals surface area contributed by atoms with Gasteiger partial charge in [-0.15, -0.1) is 0 Å². The predicted octanol–water partition coefficient (Wildman–Crippen LogP) is 1.37. The molecule has 2 aliphatic heterocycles. The van der Waals surface area contributed by atoms with Gasteiger partial charge in [-0.1, -0.05) is 20.8 Å². The van der Waals surface area contributed by atoms with E-state index in [1.54, 1.807) is 0 Å².